The van der Waals surface area contributed by atoms with Gasteiger partial charge in [-0.25, -0.2) is 0 Å². The van der Waals surface area contributed by atoms with Crippen LogP contribution in [0.1, 0.15) is 11.7 Å². The zero-order valence-electron chi connectivity index (χ0n) is 8.34. The van der Waals surface area contributed by atoms with Gasteiger partial charge < -0.3 is 21.3 Å². The van der Waals surface area contributed by atoms with Gasteiger partial charge in [0.15, 0.2) is 6.10 Å². The largest absolute Gasteiger partial charge is 0.388 e. The molecule has 0 saturated carbocycles. The minimum atomic E-state index is -1.59. The van der Waals surface area contributed by atoms with Crippen LogP contribution in [0.15, 0.2) is 24.3 Å². The van der Waals surface area contributed by atoms with E-state index in [1.807, 2.05) is 0 Å². The van der Waals surface area contributed by atoms with Gasteiger partial charge in [0, 0.05) is 12.7 Å². The fourth-order valence-electron chi connectivity index (χ4n) is 1.22. The highest BCUT2D eigenvalue weighted by Gasteiger charge is 2.23. The van der Waals surface area contributed by atoms with Crippen molar-refractivity contribution in [1.82, 2.24) is 0 Å². The molecule has 0 heterocycles. The maximum absolute atomic E-state index is 10.7. The topological polar surface area (TPSA) is 95.6 Å². The summed E-state index contributed by atoms with van der Waals surface area (Å²) in [6.45, 7) is 0. The highest BCUT2D eigenvalue weighted by atomic mass is 16.3. The molecule has 5 nitrogen and oxygen atoms in total. The number of carbonyl (C=O) groups is 1. The molecule has 5 N–H and O–H groups in total. The average Bonchev–Trinajstić information content (AvgIpc) is 2.27. The first kappa shape index (κ1) is 11.5. The van der Waals surface area contributed by atoms with Crippen LogP contribution in [0.4, 0.5) is 5.69 Å². The van der Waals surface area contributed by atoms with Crippen LogP contribution in [0.25, 0.3) is 0 Å². The van der Waals surface area contributed by atoms with E-state index in [2.05, 4.69) is 5.32 Å². The summed E-state index contributed by atoms with van der Waals surface area (Å²) in [4.78, 5) is 10.7. The third-order valence-corrected chi connectivity index (χ3v) is 2.11. The van der Waals surface area contributed by atoms with Crippen molar-refractivity contribution in [2.75, 3.05) is 12.4 Å². The zero-order chi connectivity index (χ0) is 11.4. The Balaban J connectivity index is 2.90. The molecular formula is C10H14N2O3. The van der Waals surface area contributed by atoms with Crippen LogP contribution < -0.4 is 11.1 Å². The van der Waals surface area contributed by atoms with Crippen LogP contribution >= 0.6 is 0 Å². The zero-order valence-corrected chi connectivity index (χ0v) is 8.34. The second-order valence-corrected chi connectivity index (χ2v) is 3.17. The molecule has 15 heavy (non-hydrogen) atoms. The van der Waals surface area contributed by atoms with E-state index >= 15 is 0 Å². The number of aliphatic hydroxyl groups is 2. The first-order valence-electron chi connectivity index (χ1n) is 4.49. The Labute approximate surface area is 87.5 Å². The van der Waals surface area contributed by atoms with E-state index in [1.165, 1.54) is 0 Å². The Kier molecular flexibility index (Phi) is 3.65. The number of primary amides is 1. The summed E-state index contributed by atoms with van der Waals surface area (Å²) in [6, 6.07) is 6.75. The molecule has 0 fully saturated rings. The third kappa shape index (κ3) is 2.68. The average molecular weight is 210 g/mol. The molecular weight excluding hydrogens is 196 g/mol. The van der Waals surface area contributed by atoms with Crippen molar-refractivity contribution in [3.63, 3.8) is 0 Å². The number of aliphatic hydroxyl groups excluding tert-OH is 2. The van der Waals surface area contributed by atoms with E-state index in [1.54, 1.807) is 31.3 Å². The molecule has 0 radical (unpaired) electrons. The van der Waals surface area contributed by atoms with E-state index in [0.717, 1.165) is 5.69 Å². The summed E-state index contributed by atoms with van der Waals surface area (Å²) in [5.74, 6) is -0.947. The predicted molar refractivity (Wildman–Crippen MR) is 56.1 cm³/mol. The van der Waals surface area contributed by atoms with Crippen LogP contribution in [0.2, 0.25) is 0 Å². The number of anilines is 1. The van der Waals surface area contributed by atoms with Gasteiger partial charge in [-0.1, -0.05) is 12.1 Å². The first-order valence-corrected chi connectivity index (χ1v) is 4.49. The Bertz CT molecular complexity index is 354. The minimum Gasteiger partial charge on any atom is -0.388 e. The third-order valence-electron chi connectivity index (χ3n) is 2.11. The maximum atomic E-state index is 10.7. The van der Waals surface area contributed by atoms with Crippen LogP contribution in [0.3, 0.4) is 0 Å². The van der Waals surface area contributed by atoms with Crippen molar-refractivity contribution < 1.29 is 15.0 Å². The highest BCUT2D eigenvalue weighted by Crippen LogP contribution is 2.20. The number of nitrogens with one attached hydrogen (secondary N) is 1. The van der Waals surface area contributed by atoms with Gasteiger partial charge in [0.05, 0.1) is 0 Å². The van der Waals surface area contributed by atoms with Gasteiger partial charge in [-0.15, -0.1) is 0 Å². The molecule has 1 aromatic carbocycles. The number of amides is 1. The number of carbonyl (C=O) groups excluding carboxylic acids is 1. The van der Waals surface area contributed by atoms with Gasteiger partial charge in [0.25, 0.3) is 0 Å². The molecule has 2 unspecified atom stereocenters. The second-order valence-electron chi connectivity index (χ2n) is 3.17. The van der Waals surface area contributed by atoms with E-state index in [0.29, 0.717) is 5.56 Å². The SMILES string of the molecule is CNc1cccc(C(O)C(O)C(N)=O)c1. The van der Waals surface area contributed by atoms with Gasteiger partial charge in [0.2, 0.25) is 5.91 Å². The molecule has 0 aromatic heterocycles. The first-order chi connectivity index (χ1) is 7.06. The molecule has 0 bridgehead atoms. The smallest absolute Gasteiger partial charge is 0.249 e. The Hall–Kier alpha value is -1.59. The molecule has 0 aliphatic carbocycles. The summed E-state index contributed by atoms with van der Waals surface area (Å²) in [5.41, 5.74) is 6.10. The number of rotatable bonds is 4. The summed E-state index contributed by atoms with van der Waals surface area (Å²) in [5, 5.41) is 21.7. The normalized spacial score (nSPS) is 14.3. The number of hydrogen-bond donors (Lipinski definition) is 4. The van der Waals surface area contributed by atoms with E-state index in [-0.39, 0.29) is 0 Å². The fourth-order valence-corrected chi connectivity index (χ4v) is 1.22. The Morgan fingerprint density at radius 1 is 1.47 bits per heavy atom. The number of hydrogen-bond acceptors (Lipinski definition) is 4. The summed E-state index contributed by atoms with van der Waals surface area (Å²) in [7, 11) is 1.73. The van der Waals surface area contributed by atoms with Gasteiger partial charge in [-0.2, -0.15) is 0 Å². The molecule has 5 heteroatoms. The number of nitrogens with two attached hydrogens (primary N) is 1. The van der Waals surface area contributed by atoms with Crippen molar-refractivity contribution in [1.29, 1.82) is 0 Å². The summed E-state index contributed by atoms with van der Waals surface area (Å²) in [6.07, 6.45) is -2.88. The minimum absolute atomic E-state index is 0.438. The predicted octanol–water partition coefficient (Wildman–Crippen LogP) is -0.392. The molecule has 1 rings (SSSR count). The molecule has 2 atom stereocenters. The van der Waals surface area contributed by atoms with E-state index in [4.69, 9.17) is 5.73 Å². The quantitative estimate of drug-likeness (QED) is 0.544. The standard InChI is InChI=1S/C10H14N2O3/c1-12-7-4-2-3-6(5-7)8(13)9(14)10(11)15/h2-5,8-9,12-14H,1H3,(H2,11,15). The van der Waals surface area contributed by atoms with Gasteiger partial charge in [0.1, 0.15) is 6.10 Å². The van der Waals surface area contributed by atoms with E-state index < -0.39 is 18.1 Å². The molecule has 1 aromatic rings. The Morgan fingerprint density at radius 2 is 2.13 bits per heavy atom. The monoisotopic (exact) mass is 210 g/mol. The molecule has 0 aliphatic heterocycles. The lowest BCUT2D eigenvalue weighted by molar-refractivity contribution is -0.131. The van der Waals surface area contributed by atoms with Crippen molar-refractivity contribution >= 4 is 11.6 Å². The van der Waals surface area contributed by atoms with Crippen molar-refractivity contribution in [2.45, 2.75) is 12.2 Å². The molecule has 82 valence electrons. The fraction of sp³-hybridized carbons (Fsp3) is 0.300. The molecule has 1 amide bonds. The lowest BCUT2D eigenvalue weighted by atomic mass is 10.0. The van der Waals surface area contributed by atoms with Gasteiger partial charge >= 0.3 is 0 Å². The number of benzene rings is 1. The summed E-state index contributed by atoms with van der Waals surface area (Å²) >= 11 is 0. The highest BCUT2D eigenvalue weighted by molar-refractivity contribution is 5.79. The lowest BCUT2D eigenvalue weighted by Gasteiger charge is -2.15. The summed E-state index contributed by atoms with van der Waals surface area (Å²) < 4.78 is 0. The van der Waals surface area contributed by atoms with E-state index in [9.17, 15) is 15.0 Å². The van der Waals surface area contributed by atoms with Crippen molar-refractivity contribution in [3.8, 4) is 0 Å². The van der Waals surface area contributed by atoms with Crippen LogP contribution in [-0.4, -0.2) is 29.3 Å². The molecule has 0 aliphatic rings. The molecule has 0 saturated heterocycles. The second kappa shape index (κ2) is 4.77. The Morgan fingerprint density at radius 3 is 2.67 bits per heavy atom. The molecule has 0 spiro atoms. The van der Waals surface area contributed by atoms with Crippen LogP contribution in [-0.2, 0) is 4.79 Å². The lowest BCUT2D eigenvalue weighted by Crippen LogP contribution is -2.33. The van der Waals surface area contributed by atoms with Gasteiger partial charge in [-0.3, -0.25) is 4.79 Å². The maximum Gasteiger partial charge on any atom is 0.249 e. The van der Waals surface area contributed by atoms with Crippen LogP contribution in [0.5, 0.6) is 0 Å². The van der Waals surface area contributed by atoms with Crippen molar-refractivity contribution in [2.24, 2.45) is 5.73 Å². The van der Waals surface area contributed by atoms with Gasteiger partial charge in [-0.05, 0) is 17.7 Å². The van der Waals surface area contributed by atoms with Crippen LogP contribution in [0, 0.1) is 0 Å². The van der Waals surface area contributed by atoms with Crippen molar-refractivity contribution in [3.05, 3.63) is 29.8 Å².